The van der Waals surface area contributed by atoms with Crippen LogP contribution in [0, 0.1) is 11.6 Å². The Kier molecular flexibility index (Phi) is 6.96. The fraction of sp³-hybridized carbons (Fsp3) is 0.391. The van der Waals surface area contributed by atoms with Gasteiger partial charge in [0.05, 0.1) is 25.3 Å². The van der Waals surface area contributed by atoms with Crippen molar-refractivity contribution in [1.82, 2.24) is 5.32 Å². The molecule has 0 spiro atoms. The lowest BCUT2D eigenvalue weighted by molar-refractivity contribution is -0.905. The summed E-state index contributed by atoms with van der Waals surface area (Å²) in [5, 5.41) is 16.9. The summed E-state index contributed by atoms with van der Waals surface area (Å²) in [6.07, 6.45) is 4.28. The number of halogens is 3. The normalized spacial score (nSPS) is 20.8. The Morgan fingerprint density at radius 2 is 1.88 bits per heavy atom. The highest BCUT2D eigenvalue weighted by molar-refractivity contribution is 9.10. The summed E-state index contributed by atoms with van der Waals surface area (Å²) in [6.45, 7) is 3.32. The highest BCUT2D eigenvalue weighted by atomic mass is 79.9. The van der Waals surface area contributed by atoms with Crippen LogP contribution in [-0.4, -0.2) is 43.2 Å². The summed E-state index contributed by atoms with van der Waals surface area (Å²) in [4.78, 5) is 28.2. The van der Waals surface area contributed by atoms with E-state index in [4.69, 9.17) is 0 Å². The molecule has 176 valence electrons. The number of hydrogen-bond donors (Lipinski definition) is 4. The maximum Gasteiger partial charge on any atom is 0.329 e. The monoisotopic (exact) mass is 523 g/mol. The lowest BCUT2D eigenvalue weighted by Crippen LogP contribution is -3.12. The van der Waals surface area contributed by atoms with Crippen molar-refractivity contribution in [2.45, 2.75) is 31.4 Å². The maximum atomic E-state index is 14.7. The third-order valence-electron chi connectivity index (χ3n) is 6.16. The molecule has 1 fully saturated rings. The first-order chi connectivity index (χ1) is 15.8. The van der Waals surface area contributed by atoms with Crippen molar-refractivity contribution in [2.24, 2.45) is 0 Å². The molecule has 7 nitrogen and oxygen atoms in total. The van der Waals surface area contributed by atoms with Crippen LogP contribution in [-0.2, 0) is 10.5 Å². The Labute approximate surface area is 198 Å². The fourth-order valence-electron chi connectivity index (χ4n) is 4.51. The highest BCUT2D eigenvalue weighted by Crippen LogP contribution is 2.42. The van der Waals surface area contributed by atoms with Gasteiger partial charge in [0.25, 0.3) is 11.6 Å². The van der Waals surface area contributed by atoms with Crippen molar-refractivity contribution in [3.05, 3.63) is 58.1 Å². The Balaban J connectivity index is 1.65. The van der Waals surface area contributed by atoms with Crippen LogP contribution < -0.4 is 20.4 Å². The Hall–Kier alpha value is -2.56. The van der Waals surface area contributed by atoms with Gasteiger partial charge in [0.1, 0.15) is 17.3 Å². The van der Waals surface area contributed by atoms with E-state index in [9.17, 15) is 23.5 Å². The van der Waals surface area contributed by atoms with E-state index in [1.165, 1.54) is 36.3 Å². The molecule has 3 amide bonds. The number of likely N-dealkylation sites (tertiary alicyclic amines) is 1. The van der Waals surface area contributed by atoms with Crippen molar-refractivity contribution in [3.8, 4) is 0 Å². The second-order valence-corrected chi connectivity index (χ2v) is 9.28. The second-order valence-electron chi connectivity index (χ2n) is 8.37. The predicted molar refractivity (Wildman–Crippen MR) is 123 cm³/mol. The van der Waals surface area contributed by atoms with Crippen molar-refractivity contribution < 1.29 is 28.4 Å². The number of nitrogens with one attached hydrogen (secondary N) is 3. The number of hydrogen-bond acceptors (Lipinski definition) is 3. The molecule has 2 aromatic carbocycles. The molecule has 2 aliphatic rings. The largest absolute Gasteiger partial charge is 0.359 e. The first-order valence-electron chi connectivity index (χ1n) is 11.0. The summed E-state index contributed by atoms with van der Waals surface area (Å²) in [7, 11) is 0. The van der Waals surface area contributed by atoms with E-state index in [1.54, 1.807) is 6.07 Å². The molecular weight excluding hydrogens is 498 g/mol. The molecule has 2 heterocycles. The molecule has 4 N–H and O–H groups in total. The molecule has 1 unspecified atom stereocenters. The van der Waals surface area contributed by atoms with E-state index >= 15 is 0 Å². The third kappa shape index (κ3) is 4.60. The van der Waals surface area contributed by atoms with Gasteiger partial charge >= 0.3 is 6.03 Å². The Bertz CT molecular complexity index is 1040. The number of benzene rings is 2. The Morgan fingerprint density at radius 1 is 1.18 bits per heavy atom. The highest BCUT2D eigenvalue weighted by Gasteiger charge is 2.53. The summed E-state index contributed by atoms with van der Waals surface area (Å²) in [6, 6.07) is 6.61. The predicted octanol–water partition coefficient (Wildman–Crippen LogP) is 2.50. The number of carbonyl (C=O) groups is 2. The van der Waals surface area contributed by atoms with Crippen LogP contribution in [0.1, 0.15) is 31.2 Å². The average Bonchev–Trinajstić information content (AvgIpc) is 2.79. The van der Waals surface area contributed by atoms with Crippen LogP contribution in [0.4, 0.5) is 25.0 Å². The minimum absolute atomic E-state index is 0.00159. The van der Waals surface area contributed by atoms with Gasteiger partial charge < -0.3 is 20.6 Å². The molecule has 4 rings (SSSR count). The van der Waals surface area contributed by atoms with Crippen molar-refractivity contribution >= 4 is 39.2 Å². The zero-order valence-corrected chi connectivity index (χ0v) is 19.6. The van der Waals surface area contributed by atoms with Gasteiger partial charge in [-0.3, -0.25) is 4.79 Å². The van der Waals surface area contributed by atoms with Crippen LogP contribution in [0.5, 0.6) is 0 Å². The smallest absolute Gasteiger partial charge is 0.329 e. The Morgan fingerprint density at radius 3 is 2.58 bits per heavy atom. The van der Waals surface area contributed by atoms with Crippen molar-refractivity contribution in [1.29, 1.82) is 0 Å². The summed E-state index contributed by atoms with van der Waals surface area (Å²) in [5.41, 5.74) is -3.30. The van der Waals surface area contributed by atoms with E-state index in [0.717, 1.165) is 37.8 Å². The zero-order chi connectivity index (χ0) is 23.6. The summed E-state index contributed by atoms with van der Waals surface area (Å²) >= 11 is 3.29. The second kappa shape index (κ2) is 9.74. The van der Waals surface area contributed by atoms with Crippen molar-refractivity contribution in [2.75, 3.05) is 36.4 Å². The van der Waals surface area contributed by atoms with Gasteiger partial charge in [-0.25, -0.2) is 18.5 Å². The standard InChI is InChI=1S/C23H25BrF2N4O3/c24-15-8-9-19-16(14-15)23(33,21(31)27-10-5-13-29-11-2-1-3-12-29)30(22(32)28-19)20-17(25)6-4-7-18(20)26/h4,6-9,14,33H,1-3,5,10-13H2,(H,27,31)(H,28,32)/p+1. The number of fused-ring (bicyclic) bond motifs is 1. The van der Waals surface area contributed by atoms with Crippen LogP contribution in [0.2, 0.25) is 0 Å². The number of aliphatic hydroxyl groups is 1. The lowest BCUT2D eigenvalue weighted by atomic mass is 9.94. The third-order valence-corrected chi connectivity index (χ3v) is 6.65. The van der Waals surface area contributed by atoms with Gasteiger partial charge in [-0.2, -0.15) is 0 Å². The fourth-order valence-corrected chi connectivity index (χ4v) is 4.87. The van der Waals surface area contributed by atoms with E-state index in [1.807, 2.05) is 0 Å². The number of urea groups is 1. The number of piperidine rings is 1. The number of amides is 3. The minimum atomic E-state index is -2.66. The molecule has 0 radical (unpaired) electrons. The molecule has 2 aliphatic heterocycles. The van der Waals surface area contributed by atoms with Gasteiger partial charge in [-0.1, -0.05) is 22.0 Å². The number of para-hydroxylation sites is 1. The molecule has 33 heavy (non-hydrogen) atoms. The molecular formula is C23H26BrF2N4O3+. The number of anilines is 2. The number of carbonyl (C=O) groups excluding carboxylic acids is 2. The summed E-state index contributed by atoms with van der Waals surface area (Å²) < 4.78 is 29.9. The number of quaternary nitrogens is 1. The quantitative estimate of drug-likeness (QED) is 0.439. The number of nitrogens with zero attached hydrogens (tertiary/aromatic N) is 1. The molecule has 1 atom stereocenters. The van der Waals surface area contributed by atoms with Gasteiger partial charge in [0.2, 0.25) is 0 Å². The number of rotatable bonds is 6. The molecule has 0 saturated carbocycles. The molecule has 0 bridgehead atoms. The van der Waals surface area contributed by atoms with E-state index in [2.05, 4.69) is 26.6 Å². The first-order valence-corrected chi connectivity index (χ1v) is 11.8. The SMILES string of the molecule is O=C1Nc2ccc(Br)cc2C(O)(C(=O)NCCC[NH+]2CCCCC2)N1c1c(F)cccc1F. The van der Waals surface area contributed by atoms with E-state index < -0.39 is 35.0 Å². The van der Waals surface area contributed by atoms with Gasteiger partial charge in [0.15, 0.2) is 0 Å². The van der Waals surface area contributed by atoms with Gasteiger partial charge in [-0.15, -0.1) is 0 Å². The van der Waals surface area contributed by atoms with Crippen LogP contribution in [0.15, 0.2) is 40.9 Å². The van der Waals surface area contributed by atoms with Crippen molar-refractivity contribution in [3.63, 3.8) is 0 Å². The van der Waals surface area contributed by atoms with Gasteiger partial charge in [-0.05, 0) is 49.6 Å². The van der Waals surface area contributed by atoms with Crippen LogP contribution >= 0.6 is 15.9 Å². The topological polar surface area (TPSA) is 86.1 Å². The van der Waals surface area contributed by atoms with Gasteiger partial charge in [0, 0.05) is 23.0 Å². The molecule has 0 aromatic heterocycles. The first kappa shape index (κ1) is 23.6. The lowest BCUT2D eigenvalue weighted by Gasteiger charge is -2.42. The minimum Gasteiger partial charge on any atom is -0.359 e. The van der Waals surface area contributed by atoms with E-state index in [0.29, 0.717) is 15.8 Å². The molecule has 2 aromatic rings. The summed E-state index contributed by atoms with van der Waals surface area (Å²) in [5.74, 6) is -3.10. The molecule has 10 heteroatoms. The molecule has 1 saturated heterocycles. The maximum absolute atomic E-state index is 14.7. The zero-order valence-electron chi connectivity index (χ0n) is 18.0. The van der Waals surface area contributed by atoms with Crippen LogP contribution in [0.3, 0.4) is 0 Å². The van der Waals surface area contributed by atoms with E-state index in [-0.39, 0.29) is 17.8 Å². The van der Waals surface area contributed by atoms with Crippen LogP contribution in [0.25, 0.3) is 0 Å². The average molecular weight is 524 g/mol. The molecule has 0 aliphatic carbocycles.